The quantitative estimate of drug-likeness (QED) is 0.703. The second kappa shape index (κ2) is 3.97. The minimum absolute atomic E-state index is 0.0868. The van der Waals surface area contributed by atoms with Gasteiger partial charge in [0.1, 0.15) is 0 Å². The SMILES string of the molecule is Cc1ccc(C(=O)c2cc(C)n(C)c2)cc1. The predicted molar refractivity (Wildman–Crippen MR) is 64.8 cm³/mol. The maximum absolute atomic E-state index is 12.1. The fraction of sp³-hybridized carbons (Fsp3) is 0.214. The van der Waals surface area contributed by atoms with E-state index in [1.807, 2.05) is 62.0 Å². The molecule has 0 radical (unpaired) electrons. The third-order valence-electron chi connectivity index (χ3n) is 2.83. The van der Waals surface area contributed by atoms with Gasteiger partial charge in [0.25, 0.3) is 0 Å². The molecule has 16 heavy (non-hydrogen) atoms. The standard InChI is InChI=1S/C14H15NO/c1-10-4-6-12(7-5-10)14(16)13-8-11(2)15(3)9-13/h4-9H,1-3H3. The van der Waals surface area contributed by atoms with E-state index in [0.717, 1.165) is 16.8 Å². The molecule has 1 aromatic carbocycles. The van der Waals surface area contributed by atoms with E-state index in [-0.39, 0.29) is 5.78 Å². The van der Waals surface area contributed by atoms with Crippen LogP contribution in [0.3, 0.4) is 0 Å². The van der Waals surface area contributed by atoms with Gasteiger partial charge in [0.05, 0.1) is 0 Å². The van der Waals surface area contributed by atoms with Crippen LogP contribution in [0.15, 0.2) is 36.5 Å². The number of aromatic nitrogens is 1. The average Bonchev–Trinajstić information content (AvgIpc) is 2.59. The molecule has 2 rings (SSSR count). The van der Waals surface area contributed by atoms with Crippen LogP contribution in [0, 0.1) is 13.8 Å². The number of carbonyl (C=O) groups excluding carboxylic acids is 1. The molecule has 0 amide bonds. The monoisotopic (exact) mass is 213 g/mol. The van der Waals surface area contributed by atoms with Crippen LogP contribution in [0.2, 0.25) is 0 Å². The molecule has 0 spiro atoms. The molecule has 0 fully saturated rings. The van der Waals surface area contributed by atoms with E-state index in [1.54, 1.807) is 0 Å². The van der Waals surface area contributed by atoms with Crippen molar-refractivity contribution in [3.63, 3.8) is 0 Å². The number of aryl methyl sites for hydroxylation is 3. The number of nitrogens with zero attached hydrogens (tertiary/aromatic N) is 1. The number of hydrogen-bond donors (Lipinski definition) is 0. The van der Waals surface area contributed by atoms with E-state index in [1.165, 1.54) is 5.56 Å². The molecule has 0 bridgehead atoms. The van der Waals surface area contributed by atoms with Crippen LogP contribution < -0.4 is 0 Å². The van der Waals surface area contributed by atoms with E-state index in [9.17, 15) is 4.79 Å². The van der Waals surface area contributed by atoms with Gasteiger partial charge in [0, 0.05) is 30.1 Å². The highest BCUT2D eigenvalue weighted by Crippen LogP contribution is 2.13. The molecule has 0 aliphatic rings. The van der Waals surface area contributed by atoms with Crippen LogP contribution in [0.4, 0.5) is 0 Å². The molecule has 0 aliphatic heterocycles. The molecule has 0 atom stereocenters. The van der Waals surface area contributed by atoms with Gasteiger partial charge in [0.15, 0.2) is 5.78 Å². The lowest BCUT2D eigenvalue weighted by atomic mass is 10.0. The first-order chi connectivity index (χ1) is 7.58. The van der Waals surface area contributed by atoms with Crippen LogP contribution in [-0.2, 0) is 7.05 Å². The molecular formula is C14H15NO. The van der Waals surface area contributed by atoms with E-state index in [4.69, 9.17) is 0 Å². The maximum atomic E-state index is 12.1. The fourth-order valence-electron chi connectivity index (χ4n) is 1.67. The second-order valence-corrected chi connectivity index (χ2v) is 4.18. The number of benzene rings is 1. The topological polar surface area (TPSA) is 22.0 Å². The van der Waals surface area contributed by atoms with E-state index >= 15 is 0 Å². The van der Waals surface area contributed by atoms with E-state index < -0.39 is 0 Å². The molecule has 0 N–H and O–H groups in total. The second-order valence-electron chi connectivity index (χ2n) is 4.18. The van der Waals surface area contributed by atoms with E-state index in [0.29, 0.717) is 0 Å². The Labute approximate surface area is 95.5 Å². The molecule has 0 saturated heterocycles. The first-order valence-corrected chi connectivity index (χ1v) is 5.32. The normalized spacial score (nSPS) is 10.4. The zero-order chi connectivity index (χ0) is 11.7. The van der Waals surface area contributed by atoms with Crippen molar-refractivity contribution in [2.75, 3.05) is 0 Å². The van der Waals surface area contributed by atoms with Crippen molar-refractivity contribution in [2.45, 2.75) is 13.8 Å². The van der Waals surface area contributed by atoms with Crippen LogP contribution in [0.25, 0.3) is 0 Å². The molecule has 0 aliphatic carbocycles. The summed E-state index contributed by atoms with van der Waals surface area (Å²) in [5.74, 6) is 0.0868. The third-order valence-corrected chi connectivity index (χ3v) is 2.83. The minimum atomic E-state index is 0.0868. The zero-order valence-corrected chi connectivity index (χ0v) is 9.82. The number of ketones is 1. The Morgan fingerprint density at radius 3 is 2.19 bits per heavy atom. The van der Waals surface area contributed by atoms with Gasteiger partial charge in [0.2, 0.25) is 0 Å². The van der Waals surface area contributed by atoms with E-state index in [2.05, 4.69) is 0 Å². The molecule has 2 aromatic rings. The largest absolute Gasteiger partial charge is 0.354 e. The molecule has 1 heterocycles. The lowest BCUT2D eigenvalue weighted by molar-refractivity contribution is 0.103. The molecule has 0 unspecified atom stereocenters. The van der Waals surface area contributed by atoms with Crippen molar-refractivity contribution in [3.05, 3.63) is 58.9 Å². The highest BCUT2D eigenvalue weighted by atomic mass is 16.1. The fourth-order valence-corrected chi connectivity index (χ4v) is 1.67. The molecule has 1 aromatic heterocycles. The van der Waals surface area contributed by atoms with Crippen molar-refractivity contribution in [3.8, 4) is 0 Å². The van der Waals surface area contributed by atoms with Crippen molar-refractivity contribution in [2.24, 2.45) is 7.05 Å². The van der Waals surface area contributed by atoms with Gasteiger partial charge in [-0.25, -0.2) is 0 Å². The Morgan fingerprint density at radius 2 is 1.69 bits per heavy atom. The van der Waals surface area contributed by atoms with Gasteiger partial charge in [-0.05, 0) is 19.9 Å². The zero-order valence-electron chi connectivity index (χ0n) is 9.82. The van der Waals surface area contributed by atoms with Crippen molar-refractivity contribution >= 4 is 5.78 Å². The van der Waals surface area contributed by atoms with Crippen molar-refractivity contribution < 1.29 is 4.79 Å². The van der Waals surface area contributed by atoms with Gasteiger partial charge in [-0.1, -0.05) is 29.8 Å². The Kier molecular flexibility index (Phi) is 2.65. The first-order valence-electron chi connectivity index (χ1n) is 5.32. The van der Waals surface area contributed by atoms with Gasteiger partial charge < -0.3 is 4.57 Å². The van der Waals surface area contributed by atoms with Crippen LogP contribution in [0.1, 0.15) is 27.2 Å². The number of carbonyl (C=O) groups is 1. The van der Waals surface area contributed by atoms with Crippen molar-refractivity contribution in [1.29, 1.82) is 0 Å². The summed E-state index contributed by atoms with van der Waals surface area (Å²) in [4.78, 5) is 12.1. The number of rotatable bonds is 2. The van der Waals surface area contributed by atoms with Crippen molar-refractivity contribution in [1.82, 2.24) is 4.57 Å². The summed E-state index contributed by atoms with van der Waals surface area (Å²) in [7, 11) is 1.95. The highest BCUT2D eigenvalue weighted by molar-refractivity contribution is 6.09. The van der Waals surface area contributed by atoms with Gasteiger partial charge >= 0.3 is 0 Å². The number of hydrogen-bond acceptors (Lipinski definition) is 1. The Bertz CT molecular complexity index is 501. The molecule has 82 valence electrons. The summed E-state index contributed by atoms with van der Waals surface area (Å²) < 4.78 is 1.96. The first kappa shape index (κ1) is 10.7. The lowest BCUT2D eigenvalue weighted by Gasteiger charge is -1.98. The van der Waals surface area contributed by atoms with Gasteiger partial charge in [-0.15, -0.1) is 0 Å². The van der Waals surface area contributed by atoms with Crippen LogP contribution in [-0.4, -0.2) is 10.4 Å². The van der Waals surface area contributed by atoms with Crippen LogP contribution in [0.5, 0.6) is 0 Å². The molecule has 0 saturated carbocycles. The van der Waals surface area contributed by atoms with Crippen LogP contribution >= 0.6 is 0 Å². The van der Waals surface area contributed by atoms with Gasteiger partial charge in [-0.2, -0.15) is 0 Å². The molecule has 2 heteroatoms. The lowest BCUT2D eigenvalue weighted by Crippen LogP contribution is -1.99. The Hall–Kier alpha value is -1.83. The summed E-state index contributed by atoms with van der Waals surface area (Å²) in [5, 5.41) is 0. The third kappa shape index (κ3) is 1.91. The Balaban J connectivity index is 2.35. The summed E-state index contributed by atoms with van der Waals surface area (Å²) in [5.41, 5.74) is 3.76. The molecule has 2 nitrogen and oxygen atoms in total. The predicted octanol–water partition coefficient (Wildman–Crippen LogP) is 2.87. The summed E-state index contributed by atoms with van der Waals surface area (Å²) in [6, 6.07) is 9.59. The smallest absolute Gasteiger partial charge is 0.194 e. The highest BCUT2D eigenvalue weighted by Gasteiger charge is 2.10. The minimum Gasteiger partial charge on any atom is -0.354 e. The summed E-state index contributed by atoms with van der Waals surface area (Å²) in [6.45, 7) is 4.01. The molecular weight excluding hydrogens is 198 g/mol. The summed E-state index contributed by atoms with van der Waals surface area (Å²) >= 11 is 0. The maximum Gasteiger partial charge on any atom is 0.194 e. The average molecular weight is 213 g/mol. The summed E-state index contributed by atoms with van der Waals surface area (Å²) in [6.07, 6.45) is 1.87. The van der Waals surface area contributed by atoms with Gasteiger partial charge in [-0.3, -0.25) is 4.79 Å². The Morgan fingerprint density at radius 1 is 1.06 bits per heavy atom.